The molecule has 0 aliphatic heterocycles. The third kappa shape index (κ3) is 2.48. The lowest BCUT2D eigenvalue weighted by atomic mass is 9.82. The maximum Gasteiger partial charge on any atom is 0.248 e. The molecule has 0 amide bonds. The van der Waals surface area contributed by atoms with Gasteiger partial charge in [0.05, 0.1) is 13.3 Å². The van der Waals surface area contributed by atoms with E-state index in [1.807, 2.05) is 0 Å². The summed E-state index contributed by atoms with van der Waals surface area (Å²) in [5, 5.41) is 14.3. The van der Waals surface area contributed by atoms with Crippen LogP contribution in [0.15, 0.2) is 6.20 Å². The van der Waals surface area contributed by atoms with Gasteiger partial charge in [-0.15, -0.1) is 0 Å². The highest BCUT2D eigenvalue weighted by atomic mass is 19.3. The zero-order chi connectivity index (χ0) is 13.3. The molecule has 0 spiro atoms. The highest BCUT2D eigenvalue weighted by molar-refractivity contribution is 5.27. The van der Waals surface area contributed by atoms with Gasteiger partial charge in [0, 0.05) is 19.9 Å². The smallest absolute Gasteiger partial charge is 0.248 e. The van der Waals surface area contributed by atoms with Gasteiger partial charge in [-0.25, -0.2) is 8.78 Å². The van der Waals surface area contributed by atoms with Crippen LogP contribution >= 0.6 is 0 Å². The van der Waals surface area contributed by atoms with E-state index in [-0.39, 0.29) is 18.8 Å². The topological polar surface area (TPSA) is 47.3 Å². The third-order valence-corrected chi connectivity index (χ3v) is 3.66. The van der Waals surface area contributed by atoms with Crippen LogP contribution in [-0.2, 0) is 7.05 Å². The summed E-state index contributed by atoms with van der Waals surface area (Å²) < 4.78 is 32.8. The largest absolute Gasteiger partial charge is 0.493 e. The fraction of sp³-hybridized carbons (Fsp3) is 0.750. The number of halogens is 2. The van der Waals surface area contributed by atoms with Gasteiger partial charge < -0.3 is 9.84 Å². The van der Waals surface area contributed by atoms with Gasteiger partial charge in [-0.3, -0.25) is 4.68 Å². The molecule has 1 aliphatic carbocycles. The number of alkyl halides is 2. The summed E-state index contributed by atoms with van der Waals surface area (Å²) in [7, 11) is 3.21. The van der Waals surface area contributed by atoms with Crippen molar-refractivity contribution in [2.45, 2.75) is 37.7 Å². The SMILES string of the molecule is COc1cnn(C)c1C(O)C1CCC(F)(F)CC1. The first kappa shape index (κ1) is 13.3. The van der Waals surface area contributed by atoms with E-state index < -0.39 is 12.0 Å². The molecule has 0 radical (unpaired) electrons. The molecular weight excluding hydrogens is 242 g/mol. The van der Waals surface area contributed by atoms with Crippen molar-refractivity contribution in [1.82, 2.24) is 9.78 Å². The van der Waals surface area contributed by atoms with Crippen LogP contribution in [0, 0.1) is 5.92 Å². The molecule has 1 fully saturated rings. The molecular formula is C12H18F2N2O2. The maximum absolute atomic E-state index is 13.1. The number of hydrogen-bond acceptors (Lipinski definition) is 3. The van der Waals surface area contributed by atoms with E-state index in [1.165, 1.54) is 18.0 Å². The number of nitrogens with zero attached hydrogens (tertiary/aromatic N) is 2. The van der Waals surface area contributed by atoms with Crippen LogP contribution < -0.4 is 4.74 Å². The molecule has 4 nitrogen and oxygen atoms in total. The molecule has 0 aromatic carbocycles. The second-order valence-electron chi connectivity index (χ2n) is 4.86. The number of methoxy groups -OCH3 is 1. The predicted molar refractivity (Wildman–Crippen MR) is 61.6 cm³/mol. The van der Waals surface area contributed by atoms with Crippen LogP contribution in [-0.4, -0.2) is 27.9 Å². The van der Waals surface area contributed by atoms with Gasteiger partial charge in [-0.05, 0) is 18.8 Å². The Labute approximate surface area is 105 Å². The molecule has 1 aliphatic rings. The fourth-order valence-corrected chi connectivity index (χ4v) is 2.52. The molecule has 0 bridgehead atoms. The van der Waals surface area contributed by atoms with Crippen molar-refractivity contribution in [3.05, 3.63) is 11.9 Å². The molecule has 1 unspecified atom stereocenters. The monoisotopic (exact) mass is 260 g/mol. The summed E-state index contributed by atoms with van der Waals surface area (Å²) >= 11 is 0. The summed E-state index contributed by atoms with van der Waals surface area (Å²) in [6.07, 6.45) is 1.05. The summed E-state index contributed by atoms with van der Waals surface area (Å²) in [6.45, 7) is 0. The van der Waals surface area contributed by atoms with Crippen LogP contribution in [0.2, 0.25) is 0 Å². The molecule has 6 heteroatoms. The van der Waals surface area contributed by atoms with Crippen molar-refractivity contribution in [3.8, 4) is 5.75 Å². The van der Waals surface area contributed by atoms with Crippen LogP contribution in [0.25, 0.3) is 0 Å². The van der Waals surface area contributed by atoms with Gasteiger partial charge in [-0.2, -0.15) is 5.10 Å². The van der Waals surface area contributed by atoms with Crippen LogP contribution in [0.3, 0.4) is 0 Å². The van der Waals surface area contributed by atoms with E-state index in [9.17, 15) is 13.9 Å². The Hall–Kier alpha value is -1.17. The highest BCUT2D eigenvalue weighted by Crippen LogP contribution is 2.42. The number of ether oxygens (including phenoxy) is 1. The number of aliphatic hydroxyl groups excluding tert-OH is 1. The van der Waals surface area contributed by atoms with Gasteiger partial charge in [0.1, 0.15) is 11.8 Å². The number of aryl methyl sites for hydroxylation is 1. The molecule has 1 heterocycles. The zero-order valence-corrected chi connectivity index (χ0v) is 10.6. The van der Waals surface area contributed by atoms with Crippen molar-refractivity contribution in [3.63, 3.8) is 0 Å². The number of aromatic nitrogens is 2. The van der Waals surface area contributed by atoms with Gasteiger partial charge in [0.15, 0.2) is 5.75 Å². The van der Waals surface area contributed by atoms with Crippen LogP contribution in [0.1, 0.15) is 37.5 Å². The van der Waals surface area contributed by atoms with Gasteiger partial charge in [0.2, 0.25) is 5.92 Å². The summed E-state index contributed by atoms with van der Waals surface area (Å²) in [5.74, 6) is -2.23. The van der Waals surface area contributed by atoms with E-state index in [4.69, 9.17) is 4.74 Å². The lowest BCUT2D eigenvalue weighted by Gasteiger charge is -2.31. The molecule has 18 heavy (non-hydrogen) atoms. The minimum absolute atomic E-state index is 0.158. The number of aliphatic hydroxyl groups is 1. The van der Waals surface area contributed by atoms with Gasteiger partial charge >= 0.3 is 0 Å². The second kappa shape index (κ2) is 4.84. The van der Waals surface area contributed by atoms with Crippen molar-refractivity contribution in [2.24, 2.45) is 13.0 Å². The Morgan fingerprint density at radius 1 is 1.50 bits per heavy atom. The fourth-order valence-electron chi connectivity index (χ4n) is 2.52. The zero-order valence-electron chi connectivity index (χ0n) is 10.6. The molecule has 1 aromatic heterocycles. The standard InChI is InChI=1S/C12H18F2N2O2/c1-16-10(9(18-2)7-15-16)11(17)8-3-5-12(13,14)6-4-8/h7-8,11,17H,3-6H2,1-2H3. The molecule has 2 rings (SSSR count). The Kier molecular flexibility index (Phi) is 3.56. The Bertz CT molecular complexity index is 410. The van der Waals surface area contributed by atoms with E-state index in [2.05, 4.69) is 5.10 Å². The molecule has 0 saturated heterocycles. The second-order valence-corrected chi connectivity index (χ2v) is 4.86. The normalized spacial score (nSPS) is 21.8. The summed E-state index contributed by atoms with van der Waals surface area (Å²) in [5.41, 5.74) is 0.563. The first-order valence-corrected chi connectivity index (χ1v) is 6.06. The van der Waals surface area contributed by atoms with E-state index in [0.29, 0.717) is 24.3 Å². The summed E-state index contributed by atoms with van der Waals surface area (Å²) in [4.78, 5) is 0. The quantitative estimate of drug-likeness (QED) is 0.907. The Morgan fingerprint density at radius 3 is 2.67 bits per heavy atom. The maximum atomic E-state index is 13.1. The molecule has 1 saturated carbocycles. The van der Waals surface area contributed by atoms with Crippen LogP contribution in [0.5, 0.6) is 5.75 Å². The highest BCUT2D eigenvalue weighted by Gasteiger charge is 2.38. The predicted octanol–water partition coefficient (Wildman–Crippen LogP) is 2.29. The van der Waals surface area contributed by atoms with E-state index >= 15 is 0 Å². The van der Waals surface area contributed by atoms with E-state index in [1.54, 1.807) is 7.05 Å². The molecule has 1 aromatic rings. The Morgan fingerprint density at radius 2 is 2.11 bits per heavy atom. The van der Waals surface area contributed by atoms with E-state index in [0.717, 1.165) is 0 Å². The first-order chi connectivity index (χ1) is 8.44. The van der Waals surface area contributed by atoms with Crippen molar-refractivity contribution < 1.29 is 18.6 Å². The average Bonchev–Trinajstić information content (AvgIpc) is 2.69. The number of hydrogen-bond donors (Lipinski definition) is 1. The van der Waals surface area contributed by atoms with Crippen LogP contribution in [0.4, 0.5) is 8.78 Å². The molecule has 1 atom stereocenters. The minimum atomic E-state index is -2.58. The Balaban J connectivity index is 2.12. The molecule has 1 N–H and O–H groups in total. The number of rotatable bonds is 3. The summed E-state index contributed by atoms with van der Waals surface area (Å²) in [6, 6.07) is 0. The van der Waals surface area contributed by atoms with Crippen molar-refractivity contribution >= 4 is 0 Å². The third-order valence-electron chi connectivity index (χ3n) is 3.66. The van der Waals surface area contributed by atoms with Gasteiger partial charge in [0.25, 0.3) is 0 Å². The minimum Gasteiger partial charge on any atom is -0.493 e. The molecule has 102 valence electrons. The van der Waals surface area contributed by atoms with Crippen molar-refractivity contribution in [1.29, 1.82) is 0 Å². The average molecular weight is 260 g/mol. The van der Waals surface area contributed by atoms with Gasteiger partial charge in [-0.1, -0.05) is 0 Å². The lowest BCUT2D eigenvalue weighted by Crippen LogP contribution is -2.28. The van der Waals surface area contributed by atoms with Crippen molar-refractivity contribution in [2.75, 3.05) is 7.11 Å². The lowest BCUT2D eigenvalue weighted by molar-refractivity contribution is -0.0638. The first-order valence-electron chi connectivity index (χ1n) is 6.06.